The van der Waals surface area contributed by atoms with Crippen molar-refractivity contribution in [3.63, 3.8) is 0 Å². The van der Waals surface area contributed by atoms with E-state index in [-0.39, 0.29) is 61.8 Å². The van der Waals surface area contributed by atoms with Gasteiger partial charge in [-0.15, -0.1) is 0 Å². The number of nitrogens with zero attached hydrogens (tertiary/aromatic N) is 5. The Kier molecular flexibility index (Phi) is 10.8. The fraction of sp³-hybridized carbons (Fsp3) is 0.765. The minimum Gasteiger partial charge on any atom is -0.444 e. The number of hydrogen-bond donors (Lipinski definition) is 3. The van der Waals surface area contributed by atoms with Gasteiger partial charge in [0.15, 0.2) is 5.60 Å². The first-order chi connectivity index (χ1) is 23.0. The number of primary amides is 1. The number of piperidine rings is 1. The maximum atomic E-state index is 13.0. The summed E-state index contributed by atoms with van der Waals surface area (Å²) in [5.41, 5.74) is 3.17. The smallest absolute Gasteiger partial charge is 0.407 e. The number of likely N-dealkylation sites (tertiary alicyclic amines) is 1. The zero-order chi connectivity index (χ0) is 35.6. The second kappa shape index (κ2) is 14.5. The summed E-state index contributed by atoms with van der Waals surface area (Å²) in [7, 11) is 0. The maximum absolute atomic E-state index is 13.0. The van der Waals surface area contributed by atoms with E-state index in [1.807, 2.05) is 20.8 Å². The lowest BCUT2D eigenvalue weighted by Crippen LogP contribution is -2.56. The Balaban J connectivity index is 1.00. The topological polar surface area (TPSA) is 181 Å². The van der Waals surface area contributed by atoms with Gasteiger partial charge >= 0.3 is 23.9 Å². The van der Waals surface area contributed by atoms with Crippen LogP contribution in [0.25, 0.3) is 0 Å². The Morgan fingerprint density at radius 3 is 2.10 bits per heavy atom. The minimum atomic E-state index is -1.40. The molecule has 0 atom stereocenters. The van der Waals surface area contributed by atoms with Crippen LogP contribution in [0.4, 0.5) is 20.2 Å². The van der Waals surface area contributed by atoms with E-state index >= 15 is 0 Å². The van der Waals surface area contributed by atoms with E-state index < -0.39 is 23.3 Å². The molecule has 49 heavy (non-hydrogen) atoms. The zero-order valence-corrected chi connectivity index (χ0v) is 29.7. The number of alkyl carbamates (subject to hydrolysis) is 1. The summed E-state index contributed by atoms with van der Waals surface area (Å²) < 4.78 is 12.0. The van der Waals surface area contributed by atoms with E-state index in [9.17, 15) is 24.0 Å². The van der Waals surface area contributed by atoms with Crippen LogP contribution in [0.5, 0.6) is 0 Å². The molecule has 0 unspecified atom stereocenters. The summed E-state index contributed by atoms with van der Waals surface area (Å²) in [5, 5.41) is 5.74. The molecule has 4 fully saturated rings. The summed E-state index contributed by atoms with van der Waals surface area (Å²) >= 11 is 0. The first-order valence-electron chi connectivity index (χ1n) is 17.7. The number of carbonyl (C=O) groups excluding carboxylic acids is 4. The predicted molar refractivity (Wildman–Crippen MR) is 182 cm³/mol. The van der Waals surface area contributed by atoms with Crippen molar-refractivity contribution >= 4 is 29.9 Å². The SMILES string of the molecule is CC(C)(C)OC(=O)NC1CC2(CCN(CC3CCC(n4ccc(NC(=O)N5CCN(C(=O)C(C)(C)OC(N)=O)CC5)nc4=O)CC3)CC2)C1. The van der Waals surface area contributed by atoms with Crippen LogP contribution in [-0.2, 0) is 14.3 Å². The minimum absolute atomic E-state index is 0.0865. The number of urea groups is 1. The molecule has 1 aromatic heterocycles. The van der Waals surface area contributed by atoms with Gasteiger partial charge in [0.25, 0.3) is 5.91 Å². The van der Waals surface area contributed by atoms with Crippen LogP contribution in [0.15, 0.2) is 17.1 Å². The Morgan fingerprint density at radius 1 is 0.918 bits per heavy atom. The monoisotopic (exact) mass is 686 g/mol. The molecule has 5 rings (SSSR count). The third-order valence-corrected chi connectivity index (χ3v) is 10.5. The highest BCUT2D eigenvalue weighted by Crippen LogP contribution is 2.49. The second-order valence-corrected chi connectivity index (χ2v) is 15.9. The molecule has 15 heteroatoms. The summed E-state index contributed by atoms with van der Waals surface area (Å²) in [6.45, 7) is 12.9. The third kappa shape index (κ3) is 9.43. The van der Waals surface area contributed by atoms with Crippen molar-refractivity contribution in [1.29, 1.82) is 0 Å². The van der Waals surface area contributed by atoms with Crippen molar-refractivity contribution < 1.29 is 28.7 Å². The first-order valence-corrected chi connectivity index (χ1v) is 17.7. The average Bonchev–Trinajstić information content (AvgIpc) is 3.00. The van der Waals surface area contributed by atoms with Gasteiger partial charge in [-0.2, -0.15) is 4.98 Å². The lowest BCUT2D eigenvalue weighted by molar-refractivity contribution is -0.149. The van der Waals surface area contributed by atoms with E-state index in [1.165, 1.54) is 31.6 Å². The largest absolute Gasteiger partial charge is 0.444 e. The van der Waals surface area contributed by atoms with Crippen LogP contribution < -0.4 is 22.1 Å². The lowest BCUT2D eigenvalue weighted by Gasteiger charge is -2.52. The molecular formula is C34H54N8O7. The van der Waals surface area contributed by atoms with Gasteiger partial charge in [0.1, 0.15) is 11.4 Å². The molecule has 5 amide bonds. The Labute approximate surface area is 288 Å². The van der Waals surface area contributed by atoms with Gasteiger partial charge in [0.05, 0.1) is 0 Å². The number of ether oxygens (including phenoxy) is 2. The average molecular weight is 687 g/mol. The molecule has 272 valence electrons. The number of hydrogen-bond acceptors (Lipinski definition) is 9. The van der Waals surface area contributed by atoms with Gasteiger partial charge in [-0.05, 0) is 116 Å². The molecule has 1 spiro atoms. The standard InChI is InChI=1S/C34H54N8O7/c1-32(2,3)49-31(47)36-24-20-34(21-24)11-14-39(15-12-34)22-23-6-8-25(9-7-23)42-13-10-26(38-30(42)46)37-29(45)41-18-16-40(17-19-41)27(43)33(4,5)48-28(35)44/h10,13,23-25H,6-9,11-12,14-22H2,1-5H3,(H2,35,44)(H,36,47)(H,37,38,45,46). The van der Waals surface area contributed by atoms with Gasteiger partial charge in [0, 0.05) is 51.0 Å². The van der Waals surface area contributed by atoms with Crippen molar-refractivity contribution in [3.05, 3.63) is 22.7 Å². The highest BCUT2D eigenvalue weighted by Gasteiger charge is 2.47. The molecule has 0 aromatic carbocycles. The summed E-state index contributed by atoms with van der Waals surface area (Å²) in [4.78, 5) is 71.7. The number of anilines is 1. The van der Waals surface area contributed by atoms with Crippen LogP contribution in [0.2, 0.25) is 0 Å². The van der Waals surface area contributed by atoms with Crippen molar-refractivity contribution in [2.45, 2.75) is 109 Å². The molecule has 0 bridgehead atoms. The number of rotatable bonds is 7. The second-order valence-electron chi connectivity index (χ2n) is 15.9. The van der Waals surface area contributed by atoms with Crippen molar-refractivity contribution in [2.24, 2.45) is 17.1 Å². The molecule has 0 radical (unpaired) electrons. The Bertz CT molecular complexity index is 1420. The molecular weight excluding hydrogens is 632 g/mol. The van der Waals surface area contributed by atoms with Gasteiger partial charge in [0.2, 0.25) is 0 Å². The van der Waals surface area contributed by atoms with Crippen LogP contribution in [0.3, 0.4) is 0 Å². The van der Waals surface area contributed by atoms with E-state index in [0.29, 0.717) is 11.3 Å². The molecule has 15 nitrogen and oxygen atoms in total. The van der Waals surface area contributed by atoms with E-state index in [2.05, 4.69) is 20.5 Å². The zero-order valence-electron chi connectivity index (χ0n) is 29.7. The predicted octanol–water partition coefficient (Wildman–Crippen LogP) is 3.29. The summed E-state index contributed by atoms with van der Waals surface area (Å²) in [6, 6.07) is 1.56. The van der Waals surface area contributed by atoms with Crippen LogP contribution in [0.1, 0.15) is 92.0 Å². The highest BCUT2D eigenvalue weighted by molar-refractivity contribution is 5.89. The summed E-state index contributed by atoms with van der Waals surface area (Å²) in [6.07, 6.45) is 8.72. The highest BCUT2D eigenvalue weighted by atomic mass is 16.6. The van der Waals surface area contributed by atoms with Gasteiger partial charge in [-0.3, -0.25) is 14.7 Å². The lowest BCUT2D eigenvalue weighted by atomic mass is 9.60. The summed E-state index contributed by atoms with van der Waals surface area (Å²) in [5.74, 6) is 0.410. The fourth-order valence-corrected chi connectivity index (χ4v) is 7.89. The Hall–Kier alpha value is -3.88. The van der Waals surface area contributed by atoms with Crippen LogP contribution in [0, 0.1) is 11.3 Å². The molecule has 2 saturated carbocycles. The molecule has 4 aliphatic rings. The van der Waals surface area contributed by atoms with E-state index in [0.717, 1.165) is 58.2 Å². The van der Waals surface area contributed by atoms with E-state index in [1.54, 1.807) is 21.7 Å². The number of aromatic nitrogens is 2. The number of piperazine rings is 1. The normalized spacial score (nSPS) is 23.4. The van der Waals surface area contributed by atoms with Crippen LogP contribution >= 0.6 is 0 Å². The first kappa shape index (κ1) is 36.4. The number of carbonyl (C=O) groups is 4. The molecule has 2 aliphatic carbocycles. The number of nitrogens with two attached hydrogens (primary N) is 1. The quantitative estimate of drug-likeness (QED) is 0.388. The molecule has 3 heterocycles. The molecule has 2 aliphatic heterocycles. The van der Waals surface area contributed by atoms with E-state index in [4.69, 9.17) is 15.2 Å². The maximum Gasteiger partial charge on any atom is 0.407 e. The van der Waals surface area contributed by atoms with Crippen molar-refractivity contribution in [1.82, 2.24) is 29.6 Å². The number of amides is 5. The Morgan fingerprint density at radius 2 is 1.53 bits per heavy atom. The fourth-order valence-electron chi connectivity index (χ4n) is 7.89. The van der Waals surface area contributed by atoms with Gasteiger partial charge < -0.3 is 35.2 Å². The van der Waals surface area contributed by atoms with Crippen molar-refractivity contribution in [3.8, 4) is 0 Å². The van der Waals surface area contributed by atoms with Gasteiger partial charge in [-0.1, -0.05) is 0 Å². The third-order valence-electron chi connectivity index (χ3n) is 10.5. The number of nitrogens with one attached hydrogen (secondary N) is 2. The van der Waals surface area contributed by atoms with Crippen molar-refractivity contribution in [2.75, 3.05) is 51.1 Å². The molecule has 4 N–H and O–H groups in total. The molecule has 1 aromatic rings. The molecule has 2 saturated heterocycles. The van der Waals surface area contributed by atoms with Crippen LogP contribution in [-0.4, -0.2) is 111 Å². The van der Waals surface area contributed by atoms with Gasteiger partial charge in [-0.25, -0.2) is 19.2 Å².